The molecular formula is C5H9N3O3S. The topological polar surface area (TPSA) is 82.0 Å². The van der Waals surface area contributed by atoms with Crippen LogP contribution >= 0.6 is 0 Å². The fraction of sp³-hybridized carbons (Fsp3) is 0.600. The Kier molecular flexibility index (Phi) is 2.77. The summed E-state index contributed by atoms with van der Waals surface area (Å²) in [5.41, 5.74) is 2.51. The van der Waals surface area contributed by atoms with E-state index < -0.39 is 17.2 Å². The van der Waals surface area contributed by atoms with E-state index in [4.69, 9.17) is 4.55 Å². The molecular weight excluding hydrogens is 182 g/mol. The highest BCUT2D eigenvalue weighted by Crippen LogP contribution is 2.01. The first-order chi connectivity index (χ1) is 5.65. The summed E-state index contributed by atoms with van der Waals surface area (Å²) < 4.78 is 18.9. The Morgan fingerprint density at radius 2 is 2.58 bits per heavy atom. The summed E-state index contributed by atoms with van der Waals surface area (Å²) >= 11 is -1.92. The Labute approximate surface area is 71.9 Å². The van der Waals surface area contributed by atoms with Crippen LogP contribution in [-0.4, -0.2) is 44.7 Å². The highest BCUT2D eigenvalue weighted by molar-refractivity contribution is 7.80. The van der Waals surface area contributed by atoms with Gasteiger partial charge in [0, 0.05) is 7.05 Å². The molecule has 12 heavy (non-hydrogen) atoms. The summed E-state index contributed by atoms with van der Waals surface area (Å²) in [5, 5.41) is 3.72. The lowest BCUT2D eigenvalue weighted by atomic mass is 10.5. The summed E-state index contributed by atoms with van der Waals surface area (Å²) in [6.45, 7) is 0. The van der Waals surface area contributed by atoms with Crippen LogP contribution in [0.25, 0.3) is 0 Å². The SMILES string of the molecule is CN1C(CS(=O)O)=NNC1C=O. The van der Waals surface area contributed by atoms with Crippen LogP contribution in [0.1, 0.15) is 0 Å². The van der Waals surface area contributed by atoms with Gasteiger partial charge >= 0.3 is 0 Å². The zero-order valence-electron chi connectivity index (χ0n) is 6.43. The number of carbonyl (C=O) groups is 1. The molecule has 0 bridgehead atoms. The number of aldehydes is 1. The molecule has 68 valence electrons. The van der Waals surface area contributed by atoms with Crippen LogP contribution in [0.15, 0.2) is 5.10 Å². The maximum absolute atomic E-state index is 10.4. The first-order valence-corrected chi connectivity index (χ1v) is 4.50. The third-order valence-corrected chi connectivity index (χ3v) is 2.04. The molecule has 1 rings (SSSR count). The Balaban J connectivity index is 2.58. The molecule has 2 N–H and O–H groups in total. The van der Waals surface area contributed by atoms with Crippen molar-refractivity contribution in [1.29, 1.82) is 0 Å². The lowest BCUT2D eigenvalue weighted by molar-refractivity contribution is -0.111. The monoisotopic (exact) mass is 191 g/mol. The summed E-state index contributed by atoms with van der Waals surface area (Å²) in [5.74, 6) is 0.348. The third-order valence-electron chi connectivity index (χ3n) is 1.53. The Morgan fingerprint density at radius 3 is 3.00 bits per heavy atom. The van der Waals surface area contributed by atoms with Gasteiger partial charge in [-0.15, -0.1) is 0 Å². The maximum atomic E-state index is 10.4. The van der Waals surface area contributed by atoms with Crippen molar-refractivity contribution in [3.8, 4) is 0 Å². The van der Waals surface area contributed by atoms with Gasteiger partial charge in [0.25, 0.3) is 0 Å². The maximum Gasteiger partial charge on any atom is 0.172 e. The van der Waals surface area contributed by atoms with Crippen molar-refractivity contribution in [2.75, 3.05) is 12.8 Å². The van der Waals surface area contributed by atoms with Crippen molar-refractivity contribution in [1.82, 2.24) is 10.3 Å². The van der Waals surface area contributed by atoms with E-state index >= 15 is 0 Å². The molecule has 0 aromatic rings. The largest absolute Gasteiger partial charge is 0.333 e. The molecule has 1 aliphatic heterocycles. The number of nitrogens with zero attached hydrogens (tertiary/aromatic N) is 2. The molecule has 0 aromatic heterocycles. The summed E-state index contributed by atoms with van der Waals surface area (Å²) in [7, 11) is 1.63. The average Bonchev–Trinajstić information content (AvgIpc) is 2.32. The second-order valence-electron chi connectivity index (χ2n) is 2.31. The first kappa shape index (κ1) is 9.14. The van der Waals surface area contributed by atoms with Crippen LogP contribution < -0.4 is 5.43 Å². The van der Waals surface area contributed by atoms with E-state index in [0.717, 1.165) is 0 Å². The van der Waals surface area contributed by atoms with Crippen LogP contribution in [0, 0.1) is 0 Å². The smallest absolute Gasteiger partial charge is 0.172 e. The molecule has 0 saturated carbocycles. The molecule has 0 aliphatic carbocycles. The van der Waals surface area contributed by atoms with E-state index in [1.54, 1.807) is 7.05 Å². The third kappa shape index (κ3) is 1.80. The van der Waals surface area contributed by atoms with E-state index in [9.17, 15) is 9.00 Å². The second-order valence-corrected chi connectivity index (χ2v) is 3.25. The van der Waals surface area contributed by atoms with Crippen molar-refractivity contribution >= 4 is 23.2 Å². The second kappa shape index (κ2) is 3.63. The predicted octanol–water partition coefficient (Wildman–Crippen LogP) is -1.42. The zero-order chi connectivity index (χ0) is 9.14. The van der Waals surface area contributed by atoms with Gasteiger partial charge in [0.1, 0.15) is 11.6 Å². The minimum Gasteiger partial charge on any atom is -0.333 e. The van der Waals surface area contributed by atoms with Crippen molar-refractivity contribution < 1.29 is 13.6 Å². The molecule has 0 spiro atoms. The van der Waals surface area contributed by atoms with E-state index in [2.05, 4.69) is 10.5 Å². The summed E-state index contributed by atoms with van der Waals surface area (Å²) in [6.07, 6.45) is 0.167. The number of rotatable bonds is 3. The fourth-order valence-corrected chi connectivity index (χ4v) is 1.32. The molecule has 0 fully saturated rings. The average molecular weight is 191 g/mol. The van der Waals surface area contributed by atoms with Crippen LogP contribution in [0.5, 0.6) is 0 Å². The molecule has 7 heteroatoms. The Morgan fingerprint density at radius 1 is 1.92 bits per heavy atom. The molecule has 1 aliphatic rings. The molecule has 2 unspecified atom stereocenters. The highest BCUT2D eigenvalue weighted by atomic mass is 32.2. The van der Waals surface area contributed by atoms with Gasteiger partial charge in [0.2, 0.25) is 0 Å². The van der Waals surface area contributed by atoms with Gasteiger partial charge in [-0.1, -0.05) is 0 Å². The molecule has 0 radical (unpaired) electrons. The number of amidine groups is 1. The van der Waals surface area contributed by atoms with Crippen molar-refractivity contribution in [3.05, 3.63) is 0 Å². The number of hydrogen-bond donors (Lipinski definition) is 2. The van der Waals surface area contributed by atoms with E-state index in [0.29, 0.717) is 12.1 Å². The fourth-order valence-electron chi connectivity index (χ4n) is 0.833. The molecule has 0 aromatic carbocycles. The van der Waals surface area contributed by atoms with Crippen LogP contribution in [0.4, 0.5) is 0 Å². The normalized spacial score (nSPS) is 24.7. The van der Waals surface area contributed by atoms with Gasteiger partial charge in [-0.05, 0) is 0 Å². The number of hydrazone groups is 1. The minimum absolute atomic E-state index is 0.0617. The standard InChI is InChI=1S/C5H9N3O3S/c1-8-4(2-9)6-7-5(8)3-12(10)11/h2,4,6H,3H2,1H3,(H,10,11). The van der Waals surface area contributed by atoms with Gasteiger partial charge in [-0.3, -0.25) is 10.2 Å². The minimum atomic E-state index is -1.92. The summed E-state index contributed by atoms with van der Waals surface area (Å²) in [4.78, 5) is 11.8. The zero-order valence-corrected chi connectivity index (χ0v) is 7.24. The van der Waals surface area contributed by atoms with Crippen LogP contribution in [0.2, 0.25) is 0 Å². The van der Waals surface area contributed by atoms with Crippen LogP contribution in [-0.2, 0) is 15.9 Å². The van der Waals surface area contributed by atoms with Crippen molar-refractivity contribution in [3.63, 3.8) is 0 Å². The predicted molar refractivity (Wildman–Crippen MR) is 43.8 cm³/mol. The van der Waals surface area contributed by atoms with Gasteiger partial charge in [-0.25, -0.2) is 4.21 Å². The van der Waals surface area contributed by atoms with E-state index in [-0.39, 0.29) is 5.75 Å². The van der Waals surface area contributed by atoms with E-state index in [1.165, 1.54) is 4.90 Å². The van der Waals surface area contributed by atoms with Crippen molar-refractivity contribution in [2.24, 2.45) is 5.10 Å². The Hall–Kier alpha value is -0.950. The van der Waals surface area contributed by atoms with E-state index in [1.807, 2.05) is 0 Å². The number of carbonyl (C=O) groups excluding carboxylic acids is 1. The van der Waals surface area contributed by atoms with Gasteiger partial charge < -0.3 is 9.45 Å². The van der Waals surface area contributed by atoms with Crippen LogP contribution in [0.3, 0.4) is 0 Å². The lowest BCUT2D eigenvalue weighted by Crippen LogP contribution is -2.39. The van der Waals surface area contributed by atoms with Gasteiger partial charge in [0.05, 0.1) is 0 Å². The Bertz CT molecular complexity index is 242. The molecule has 2 atom stereocenters. The quantitative estimate of drug-likeness (QED) is 0.422. The van der Waals surface area contributed by atoms with Crippen molar-refractivity contribution in [2.45, 2.75) is 6.17 Å². The lowest BCUT2D eigenvalue weighted by Gasteiger charge is -2.16. The number of nitrogens with one attached hydrogen (secondary N) is 1. The molecule has 0 amide bonds. The molecule has 0 saturated heterocycles. The summed E-state index contributed by atoms with van der Waals surface area (Å²) in [6, 6.07) is 0. The number of likely N-dealkylation sites (N-methyl/N-ethyl adjacent to an activating group) is 1. The molecule has 1 heterocycles. The number of hydrogen-bond acceptors (Lipinski definition) is 5. The molecule has 6 nitrogen and oxygen atoms in total. The first-order valence-electron chi connectivity index (χ1n) is 3.23. The van der Waals surface area contributed by atoms with Gasteiger partial charge in [0.15, 0.2) is 23.5 Å². The highest BCUT2D eigenvalue weighted by Gasteiger charge is 2.23. The van der Waals surface area contributed by atoms with Gasteiger partial charge in [-0.2, -0.15) is 5.10 Å².